The van der Waals surface area contributed by atoms with Crippen LogP contribution in [0.1, 0.15) is 33.6 Å². The first-order chi connectivity index (χ1) is 11.7. The number of alkyl carbamates (subject to hydrolysis) is 1. The zero-order chi connectivity index (χ0) is 18.6. The summed E-state index contributed by atoms with van der Waals surface area (Å²) < 4.78 is 5.93. The molecule has 25 heavy (non-hydrogen) atoms. The van der Waals surface area contributed by atoms with E-state index in [2.05, 4.69) is 21.2 Å². The summed E-state index contributed by atoms with van der Waals surface area (Å²) in [5, 5.41) is 14.1. The molecule has 0 radical (unpaired) electrons. The number of nitro groups is 1. The van der Waals surface area contributed by atoms with Crippen molar-refractivity contribution >= 4 is 33.4 Å². The summed E-state index contributed by atoms with van der Waals surface area (Å²) in [5.74, 6) is 0.346. The Morgan fingerprint density at radius 1 is 1.40 bits per heavy atom. The molecule has 1 N–H and O–H groups in total. The van der Waals surface area contributed by atoms with Crippen LogP contribution in [0.3, 0.4) is 0 Å². The van der Waals surface area contributed by atoms with Crippen molar-refractivity contribution in [2.75, 3.05) is 24.5 Å². The molecule has 1 saturated heterocycles. The average Bonchev–Trinajstić information content (AvgIpc) is 2.52. The van der Waals surface area contributed by atoms with Crippen LogP contribution in [0.2, 0.25) is 0 Å². The van der Waals surface area contributed by atoms with E-state index in [-0.39, 0.29) is 10.6 Å². The highest BCUT2D eigenvalue weighted by Crippen LogP contribution is 2.33. The van der Waals surface area contributed by atoms with Crippen molar-refractivity contribution in [1.82, 2.24) is 5.32 Å². The standard InChI is InChI=1S/C17H24BrN3O4/c1-17(2,3)25-16(22)19-11-12-6-8-20(9-7-12)14-5-4-13(18)10-15(14)21(23)24/h4-5,10,12H,6-9,11H2,1-3H3,(H,19,22). The number of piperidine rings is 1. The minimum atomic E-state index is -0.506. The van der Waals surface area contributed by atoms with Gasteiger partial charge in [0, 0.05) is 30.2 Å². The predicted molar refractivity (Wildman–Crippen MR) is 100.0 cm³/mol. The first-order valence-electron chi connectivity index (χ1n) is 8.31. The molecule has 7 nitrogen and oxygen atoms in total. The number of hydrogen-bond acceptors (Lipinski definition) is 5. The second kappa shape index (κ2) is 8.03. The molecule has 0 spiro atoms. The molecule has 1 aliphatic heterocycles. The number of halogens is 1. The number of nitro benzene ring substituents is 1. The van der Waals surface area contributed by atoms with Crippen molar-refractivity contribution in [2.24, 2.45) is 5.92 Å². The maximum atomic E-state index is 11.7. The number of hydrogen-bond donors (Lipinski definition) is 1. The lowest BCUT2D eigenvalue weighted by atomic mass is 9.96. The smallest absolute Gasteiger partial charge is 0.407 e. The molecule has 2 rings (SSSR count). The van der Waals surface area contributed by atoms with Gasteiger partial charge in [0.15, 0.2) is 0 Å². The number of benzene rings is 1. The number of anilines is 1. The van der Waals surface area contributed by atoms with E-state index in [0.717, 1.165) is 25.9 Å². The minimum absolute atomic E-state index is 0.111. The lowest BCUT2D eigenvalue weighted by Gasteiger charge is -2.33. The summed E-state index contributed by atoms with van der Waals surface area (Å²) in [6.07, 6.45) is 1.32. The summed E-state index contributed by atoms with van der Waals surface area (Å²) in [4.78, 5) is 24.7. The van der Waals surface area contributed by atoms with Crippen LogP contribution in [0.25, 0.3) is 0 Å². The third-order valence-corrected chi connectivity index (χ3v) is 4.52. The van der Waals surface area contributed by atoms with E-state index in [4.69, 9.17) is 4.74 Å². The van der Waals surface area contributed by atoms with Gasteiger partial charge in [0.25, 0.3) is 5.69 Å². The Morgan fingerprint density at radius 3 is 2.60 bits per heavy atom. The van der Waals surface area contributed by atoms with Gasteiger partial charge in [-0.15, -0.1) is 0 Å². The van der Waals surface area contributed by atoms with Crippen molar-refractivity contribution < 1.29 is 14.5 Å². The molecule has 1 amide bonds. The predicted octanol–water partition coefficient (Wildman–Crippen LogP) is 4.10. The summed E-state index contributed by atoms with van der Waals surface area (Å²) in [7, 11) is 0. The second-order valence-electron chi connectivity index (χ2n) is 7.20. The van der Waals surface area contributed by atoms with Crippen molar-refractivity contribution in [1.29, 1.82) is 0 Å². The molecule has 1 fully saturated rings. The van der Waals surface area contributed by atoms with Crippen LogP contribution < -0.4 is 10.2 Å². The van der Waals surface area contributed by atoms with Gasteiger partial charge in [-0.1, -0.05) is 15.9 Å². The highest BCUT2D eigenvalue weighted by molar-refractivity contribution is 9.10. The maximum absolute atomic E-state index is 11.7. The number of amides is 1. The molecule has 1 aliphatic rings. The van der Waals surface area contributed by atoms with Crippen LogP contribution in [-0.4, -0.2) is 36.3 Å². The Labute approximate surface area is 156 Å². The van der Waals surface area contributed by atoms with Crippen LogP contribution in [0.5, 0.6) is 0 Å². The molecular weight excluding hydrogens is 390 g/mol. The normalized spacial score (nSPS) is 15.8. The van der Waals surface area contributed by atoms with Crippen molar-refractivity contribution in [3.63, 3.8) is 0 Å². The van der Waals surface area contributed by atoms with Gasteiger partial charge in [0.2, 0.25) is 0 Å². The Hall–Kier alpha value is -1.83. The zero-order valence-corrected chi connectivity index (χ0v) is 16.3. The molecule has 0 saturated carbocycles. The third-order valence-electron chi connectivity index (χ3n) is 4.02. The van der Waals surface area contributed by atoms with Gasteiger partial charge in [-0.3, -0.25) is 10.1 Å². The average molecular weight is 414 g/mol. The van der Waals surface area contributed by atoms with Gasteiger partial charge in [-0.2, -0.15) is 0 Å². The number of nitrogens with zero attached hydrogens (tertiary/aromatic N) is 2. The van der Waals surface area contributed by atoms with E-state index >= 15 is 0 Å². The number of carbonyl (C=O) groups is 1. The second-order valence-corrected chi connectivity index (χ2v) is 8.12. The van der Waals surface area contributed by atoms with E-state index in [1.54, 1.807) is 6.07 Å². The maximum Gasteiger partial charge on any atom is 0.407 e. The fourth-order valence-corrected chi connectivity index (χ4v) is 3.18. The lowest BCUT2D eigenvalue weighted by molar-refractivity contribution is -0.384. The summed E-state index contributed by atoms with van der Waals surface area (Å²) in [5.41, 5.74) is 0.250. The fourth-order valence-electron chi connectivity index (χ4n) is 2.83. The van der Waals surface area contributed by atoms with Gasteiger partial charge in [0.05, 0.1) is 4.92 Å². The molecule has 0 bridgehead atoms. The lowest BCUT2D eigenvalue weighted by Crippen LogP contribution is -2.40. The number of ether oxygens (including phenoxy) is 1. The Balaban J connectivity index is 1.88. The Morgan fingerprint density at radius 2 is 2.04 bits per heavy atom. The molecule has 138 valence electrons. The molecule has 0 atom stereocenters. The van der Waals surface area contributed by atoms with E-state index in [1.165, 1.54) is 6.07 Å². The number of rotatable bonds is 4. The largest absolute Gasteiger partial charge is 0.444 e. The first-order valence-corrected chi connectivity index (χ1v) is 9.11. The summed E-state index contributed by atoms with van der Waals surface area (Å²) in [6.45, 7) is 7.50. The highest BCUT2D eigenvalue weighted by atomic mass is 79.9. The SMILES string of the molecule is CC(C)(C)OC(=O)NCC1CCN(c2ccc(Br)cc2[N+](=O)[O-])CC1. The van der Waals surface area contributed by atoms with Crippen LogP contribution in [0, 0.1) is 16.0 Å². The van der Waals surface area contributed by atoms with Crippen molar-refractivity contribution in [3.8, 4) is 0 Å². The molecule has 1 aromatic rings. The fraction of sp³-hybridized carbons (Fsp3) is 0.588. The van der Waals surface area contributed by atoms with Crippen LogP contribution >= 0.6 is 15.9 Å². The van der Waals surface area contributed by atoms with Gasteiger partial charge in [-0.25, -0.2) is 4.79 Å². The molecule has 1 aromatic carbocycles. The molecule has 8 heteroatoms. The van der Waals surface area contributed by atoms with Gasteiger partial charge >= 0.3 is 6.09 Å². The Kier molecular flexibility index (Phi) is 6.26. The zero-order valence-electron chi connectivity index (χ0n) is 14.8. The van der Waals surface area contributed by atoms with Crippen LogP contribution in [0.4, 0.5) is 16.2 Å². The summed E-state index contributed by atoms with van der Waals surface area (Å²) in [6, 6.07) is 5.13. The molecule has 1 heterocycles. The van der Waals surface area contributed by atoms with E-state index < -0.39 is 11.7 Å². The topological polar surface area (TPSA) is 84.7 Å². The summed E-state index contributed by atoms with van der Waals surface area (Å²) >= 11 is 3.28. The van der Waals surface area contributed by atoms with E-state index in [0.29, 0.717) is 22.6 Å². The third kappa shape index (κ3) is 5.88. The van der Waals surface area contributed by atoms with Gasteiger partial charge in [0.1, 0.15) is 11.3 Å². The molecule has 0 aliphatic carbocycles. The highest BCUT2D eigenvalue weighted by Gasteiger charge is 2.25. The minimum Gasteiger partial charge on any atom is -0.444 e. The monoisotopic (exact) mass is 413 g/mol. The molecule has 0 aromatic heterocycles. The van der Waals surface area contributed by atoms with E-state index in [9.17, 15) is 14.9 Å². The van der Waals surface area contributed by atoms with Crippen LogP contribution in [-0.2, 0) is 4.74 Å². The number of nitrogens with one attached hydrogen (secondary N) is 1. The Bertz CT molecular complexity index is 637. The molecular formula is C17H24BrN3O4. The van der Waals surface area contributed by atoms with Gasteiger partial charge in [-0.05, 0) is 51.7 Å². The van der Waals surface area contributed by atoms with Crippen LogP contribution in [0.15, 0.2) is 22.7 Å². The van der Waals surface area contributed by atoms with Crippen molar-refractivity contribution in [2.45, 2.75) is 39.2 Å². The quantitative estimate of drug-likeness (QED) is 0.593. The molecule has 0 unspecified atom stereocenters. The number of carbonyl (C=O) groups excluding carboxylic acids is 1. The van der Waals surface area contributed by atoms with Gasteiger partial charge < -0.3 is 15.0 Å². The first kappa shape index (κ1) is 19.5. The van der Waals surface area contributed by atoms with E-state index in [1.807, 2.05) is 31.7 Å². The van der Waals surface area contributed by atoms with Crippen molar-refractivity contribution in [3.05, 3.63) is 32.8 Å².